The van der Waals surface area contributed by atoms with Crippen molar-refractivity contribution in [2.24, 2.45) is 0 Å². The molecule has 0 aliphatic rings. The van der Waals surface area contributed by atoms with Crippen molar-refractivity contribution in [2.75, 3.05) is 29.9 Å². The molecule has 29 heavy (non-hydrogen) atoms. The van der Waals surface area contributed by atoms with Crippen LogP contribution in [0.5, 0.6) is 5.75 Å². The Balaban J connectivity index is 1.72. The van der Waals surface area contributed by atoms with E-state index in [1.165, 1.54) is 22.5 Å². The minimum Gasteiger partial charge on any atom is -0.481 e. The first-order valence-corrected chi connectivity index (χ1v) is 12.3. The molecular weight excluding hydrogens is 408 g/mol. The molecule has 158 valence electrons. The lowest BCUT2D eigenvalue weighted by atomic mass is 10.2. The maximum Gasteiger partial charge on any atom is 0.260 e. The summed E-state index contributed by atoms with van der Waals surface area (Å²) >= 11 is 1.77. The molecule has 0 heterocycles. The summed E-state index contributed by atoms with van der Waals surface area (Å²) in [5.41, 5.74) is 3.05. The average molecular weight is 437 g/mol. The number of nitrogens with zero attached hydrogens (tertiary/aromatic N) is 1. The zero-order chi connectivity index (χ0) is 21.4. The van der Waals surface area contributed by atoms with Crippen LogP contribution in [-0.4, -0.2) is 46.0 Å². The molecule has 8 heteroatoms. The van der Waals surface area contributed by atoms with E-state index in [1.807, 2.05) is 0 Å². The van der Waals surface area contributed by atoms with E-state index in [0.717, 1.165) is 17.8 Å². The van der Waals surface area contributed by atoms with Gasteiger partial charge in [-0.2, -0.15) is 11.8 Å². The molecular formula is C21H28N2O4S2. The highest BCUT2D eigenvalue weighted by atomic mass is 32.2. The number of carbonyl (C=O) groups excluding carboxylic acids is 1. The van der Waals surface area contributed by atoms with Gasteiger partial charge in [-0.25, -0.2) is 8.42 Å². The Hall–Kier alpha value is -2.19. The van der Waals surface area contributed by atoms with Crippen molar-refractivity contribution in [3.8, 4) is 5.75 Å². The summed E-state index contributed by atoms with van der Waals surface area (Å²) < 4.78 is 30.0. The Labute approximate surface area is 177 Å². The average Bonchev–Trinajstić information content (AvgIpc) is 2.68. The van der Waals surface area contributed by atoms with Crippen LogP contribution in [0.2, 0.25) is 0 Å². The number of carbonyl (C=O) groups is 1. The van der Waals surface area contributed by atoms with Crippen molar-refractivity contribution in [1.82, 2.24) is 5.32 Å². The fourth-order valence-electron chi connectivity index (χ4n) is 2.45. The van der Waals surface area contributed by atoms with Crippen LogP contribution in [0.25, 0.3) is 0 Å². The Morgan fingerprint density at radius 1 is 1.14 bits per heavy atom. The molecule has 6 nitrogen and oxygen atoms in total. The topological polar surface area (TPSA) is 75.7 Å². The van der Waals surface area contributed by atoms with E-state index in [0.29, 0.717) is 18.0 Å². The van der Waals surface area contributed by atoms with Gasteiger partial charge in [0.15, 0.2) is 6.10 Å². The second kappa shape index (κ2) is 10.5. The van der Waals surface area contributed by atoms with Crippen molar-refractivity contribution in [3.05, 3.63) is 59.7 Å². The standard InChI is InChI=1S/C21H28N2O4S2/c1-16-5-7-18(8-6-16)15-28-14-13-22-21(24)17(2)27-20-11-9-19(10-12-20)23(3)29(4,25)26/h5-12,17H,13-15H2,1-4H3,(H,22,24)/t17-/m1/s1. The van der Waals surface area contributed by atoms with E-state index < -0.39 is 16.1 Å². The molecule has 0 saturated heterocycles. The van der Waals surface area contributed by atoms with Crippen molar-refractivity contribution in [1.29, 1.82) is 0 Å². The number of benzene rings is 2. The molecule has 1 atom stereocenters. The van der Waals surface area contributed by atoms with E-state index in [-0.39, 0.29) is 5.91 Å². The van der Waals surface area contributed by atoms with Crippen molar-refractivity contribution in [3.63, 3.8) is 0 Å². The number of nitrogens with one attached hydrogen (secondary N) is 1. The highest BCUT2D eigenvalue weighted by Gasteiger charge is 2.15. The van der Waals surface area contributed by atoms with Crippen LogP contribution in [0.3, 0.4) is 0 Å². The molecule has 0 saturated carbocycles. The molecule has 0 radical (unpaired) electrons. The van der Waals surface area contributed by atoms with Crippen molar-refractivity contribution in [2.45, 2.75) is 25.7 Å². The normalized spacial score (nSPS) is 12.3. The van der Waals surface area contributed by atoms with Gasteiger partial charge in [0.05, 0.1) is 11.9 Å². The van der Waals surface area contributed by atoms with Gasteiger partial charge in [0, 0.05) is 25.1 Å². The first-order chi connectivity index (χ1) is 13.7. The van der Waals surface area contributed by atoms with Crippen molar-refractivity contribution < 1.29 is 17.9 Å². The SMILES string of the molecule is Cc1ccc(CSCCNC(=O)[C@@H](C)Oc2ccc(N(C)S(C)(=O)=O)cc2)cc1. The maximum atomic E-state index is 12.2. The highest BCUT2D eigenvalue weighted by molar-refractivity contribution is 7.98. The van der Waals surface area contributed by atoms with E-state index in [4.69, 9.17) is 4.74 Å². The van der Waals surface area contributed by atoms with Crippen LogP contribution < -0.4 is 14.4 Å². The van der Waals surface area contributed by atoms with Gasteiger partial charge in [-0.15, -0.1) is 0 Å². The molecule has 0 aromatic heterocycles. The van der Waals surface area contributed by atoms with E-state index >= 15 is 0 Å². The number of thioether (sulfide) groups is 1. The molecule has 0 fully saturated rings. The van der Waals surface area contributed by atoms with Gasteiger partial charge in [-0.1, -0.05) is 29.8 Å². The van der Waals surface area contributed by atoms with Gasteiger partial charge in [0.2, 0.25) is 10.0 Å². The van der Waals surface area contributed by atoms with Gasteiger partial charge >= 0.3 is 0 Å². The third kappa shape index (κ3) is 7.62. The minimum absolute atomic E-state index is 0.182. The lowest BCUT2D eigenvalue weighted by molar-refractivity contribution is -0.127. The molecule has 1 N–H and O–H groups in total. The molecule has 0 aliphatic carbocycles. The van der Waals surface area contributed by atoms with Gasteiger partial charge < -0.3 is 10.1 Å². The predicted octanol–water partition coefficient (Wildman–Crippen LogP) is 3.21. The predicted molar refractivity (Wildman–Crippen MR) is 120 cm³/mol. The van der Waals surface area contributed by atoms with E-state index in [2.05, 4.69) is 36.5 Å². The van der Waals surface area contributed by atoms with Crippen LogP contribution >= 0.6 is 11.8 Å². The van der Waals surface area contributed by atoms with Gasteiger partial charge in [0.25, 0.3) is 5.91 Å². The summed E-state index contributed by atoms with van der Waals surface area (Å²) in [4.78, 5) is 12.2. The fourth-order valence-corrected chi connectivity index (χ4v) is 3.77. The Bertz CT molecular complexity index is 897. The summed E-state index contributed by atoms with van der Waals surface area (Å²) in [6, 6.07) is 15.0. The van der Waals surface area contributed by atoms with Gasteiger partial charge in [-0.05, 0) is 43.7 Å². The molecule has 0 aliphatic heterocycles. The molecule has 2 aromatic rings. The van der Waals surface area contributed by atoms with Crippen LogP contribution in [-0.2, 0) is 20.6 Å². The molecule has 1 amide bonds. The zero-order valence-corrected chi connectivity index (χ0v) is 18.8. The van der Waals surface area contributed by atoms with Crippen LogP contribution in [0, 0.1) is 6.92 Å². The van der Waals surface area contributed by atoms with Crippen LogP contribution in [0.4, 0.5) is 5.69 Å². The Morgan fingerprint density at radius 2 is 1.76 bits per heavy atom. The second-order valence-corrected chi connectivity index (χ2v) is 9.93. The number of amides is 1. The summed E-state index contributed by atoms with van der Waals surface area (Å²) in [5.74, 6) is 2.06. The van der Waals surface area contributed by atoms with Crippen LogP contribution in [0.1, 0.15) is 18.1 Å². The number of rotatable bonds is 10. The van der Waals surface area contributed by atoms with E-state index in [9.17, 15) is 13.2 Å². The molecule has 0 bridgehead atoms. The first kappa shape index (κ1) is 23.1. The number of hydrogen-bond donors (Lipinski definition) is 1. The number of anilines is 1. The summed E-state index contributed by atoms with van der Waals surface area (Å²) in [6.07, 6.45) is 0.499. The lowest BCUT2D eigenvalue weighted by Gasteiger charge is -2.18. The third-order valence-corrected chi connectivity index (χ3v) is 6.55. The number of ether oxygens (including phenoxy) is 1. The Kier molecular flexibility index (Phi) is 8.40. The molecule has 0 unspecified atom stereocenters. The van der Waals surface area contributed by atoms with Gasteiger partial charge in [0.1, 0.15) is 5.75 Å². The quantitative estimate of drug-likeness (QED) is 0.579. The fraction of sp³-hybridized carbons (Fsp3) is 0.381. The first-order valence-electron chi connectivity index (χ1n) is 9.28. The number of sulfonamides is 1. The number of hydrogen-bond acceptors (Lipinski definition) is 5. The lowest BCUT2D eigenvalue weighted by Crippen LogP contribution is -2.37. The van der Waals surface area contributed by atoms with Crippen LogP contribution in [0.15, 0.2) is 48.5 Å². The monoisotopic (exact) mass is 436 g/mol. The highest BCUT2D eigenvalue weighted by Crippen LogP contribution is 2.21. The molecule has 0 spiro atoms. The zero-order valence-electron chi connectivity index (χ0n) is 17.2. The smallest absolute Gasteiger partial charge is 0.260 e. The summed E-state index contributed by atoms with van der Waals surface area (Å²) in [6.45, 7) is 4.32. The second-order valence-electron chi connectivity index (χ2n) is 6.81. The Morgan fingerprint density at radius 3 is 2.34 bits per heavy atom. The third-order valence-electron chi connectivity index (χ3n) is 4.31. The minimum atomic E-state index is -3.31. The van der Waals surface area contributed by atoms with Gasteiger partial charge in [-0.3, -0.25) is 9.10 Å². The molecule has 2 aromatic carbocycles. The summed E-state index contributed by atoms with van der Waals surface area (Å²) in [7, 11) is -1.83. The summed E-state index contributed by atoms with van der Waals surface area (Å²) in [5, 5.41) is 2.88. The number of aryl methyl sites for hydroxylation is 1. The largest absolute Gasteiger partial charge is 0.481 e. The van der Waals surface area contributed by atoms with Crippen molar-refractivity contribution >= 4 is 33.4 Å². The maximum absolute atomic E-state index is 12.2. The van der Waals surface area contributed by atoms with E-state index in [1.54, 1.807) is 43.0 Å². The molecule has 2 rings (SSSR count).